The van der Waals surface area contributed by atoms with Gasteiger partial charge < -0.3 is 9.64 Å². The molecule has 0 radical (unpaired) electrons. The number of ether oxygens (including phenoxy) is 1. The van der Waals surface area contributed by atoms with Gasteiger partial charge in [-0.15, -0.1) is 0 Å². The van der Waals surface area contributed by atoms with Gasteiger partial charge in [-0.05, 0) is 36.8 Å². The van der Waals surface area contributed by atoms with Crippen LogP contribution in [0.3, 0.4) is 0 Å². The van der Waals surface area contributed by atoms with E-state index in [4.69, 9.17) is 9.57 Å². The number of hydrogen-bond donors (Lipinski definition) is 1. The Kier molecular flexibility index (Phi) is 4.41. The molecular weight excluding hydrogens is 268 g/mol. The third kappa shape index (κ3) is 3.19. The number of urea groups is 1. The van der Waals surface area contributed by atoms with Crippen LogP contribution in [0.2, 0.25) is 0 Å². The quantitative estimate of drug-likeness (QED) is 0.871. The summed E-state index contributed by atoms with van der Waals surface area (Å²) in [6.07, 6.45) is 4.63. The first-order valence-corrected chi connectivity index (χ1v) is 7.63. The van der Waals surface area contributed by atoms with Crippen LogP contribution in [-0.2, 0) is 16.0 Å². The molecule has 2 atom stereocenters. The second kappa shape index (κ2) is 6.45. The van der Waals surface area contributed by atoms with Crippen LogP contribution in [0.15, 0.2) is 24.3 Å². The van der Waals surface area contributed by atoms with Gasteiger partial charge in [0.25, 0.3) is 0 Å². The van der Waals surface area contributed by atoms with E-state index in [1.807, 2.05) is 19.2 Å². The van der Waals surface area contributed by atoms with Crippen molar-refractivity contribution < 1.29 is 14.4 Å². The Morgan fingerprint density at radius 2 is 2.19 bits per heavy atom. The molecule has 2 unspecified atom stereocenters. The van der Waals surface area contributed by atoms with E-state index >= 15 is 0 Å². The van der Waals surface area contributed by atoms with Gasteiger partial charge >= 0.3 is 6.03 Å². The zero-order valence-electron chi connectivity index (χ0n) is 12.4. The summed E-state index contributed by atoms with van der Waals surface area (Å²) >= 11 is 0. The maximum Gasteiger partial charge on any atom is 0.341 e. The Balaban J connectivity index is 1.55. The molecule has 21 heavy (non-hydrogen) atoms. The standard InChI is InChI=1S/C16H22N2O3/c1-18(14-10-9-12-6-2-3-7-13(12)14)16(19)17-21-15-8-4-5-11-20-15/h2-3,6-7,14-15H,4-5,8-11H2,1H3,(H,17,19). The third-order valence-corrected chi connectivity index (χ3v) is 4.30. The minimum absolute atomic E-state index is 0.122. The fraction of sp³-hybridized carbons (Fsp3) is 0.562. The summed E-state index contributed by atoms with van der Waals surface area (Å²) in [6, 6.07) is 8.21. The Bertz CT molecular complexity index is 500. The second-order valence-corrected chi connectivity index (χ2v) is 5.69. The molecule has 1 aliphatic heterocycles. The van der Waals surface area contributed by atoms with Crippen LogP contribution < -0.4 is 5.48 Å². The summed E-state index contributed by atoms with van der Waals surface area (Å²) in [4.78, 5) is 19.3. The summed E-state index contributed by atoms with van der Waals surface area (Å²) in [5.41, 5.74) is 5.09. The third-order valence-electron chi connectivity index (χ3n) is 4.30. The number of benzene rings is 1. The summed E-state index contributed by atoms with van der Waals surface area (Å²) in [5.74, 6) is 0. The SMILES string of the molecule is CN(C(=O)NOC1CCCCO1)C1CCc2ccccc21. The zero-order chi connectivity index (χ0) is 14.7. The summed E-state index contributed by atoms with van der Waals surface area (Å²) in [6.45, 7) is 0.701. The van der Waals surface area contributed by atoms with Gasteiger partial charge in [0.15, 0.2) is 6.29 Å². The molecular formula is C16H22N2O3. The first-order valence-electron chi connectivity index (χ1n) is 7.63. The van der Waals surface area contributed by atoms with E-state index in [0.29, 0.717) is 6.61 Å². The number of aryl methyl sites for hydroxylation is 1. The van der Waals surface area contributed by atoms with Crippen molar-refractivity contribution in [3.8, 4) is 0 Å². The van der Waals surface area contributed by atoms with Gasteiger partial charge in [0.2, 0.25) is 0 Å². The number of nitrogens with one attached hydrogen (secondary N) is 1. The summed E-state index contributed by atoms with van der Waals surface area (Å²) < 4.78 is 5.43. The highest BCUT2D eigenvalue weighted by Crippen LogP contribution is 2.34. The van der Waals surface area contributed by atoms with E-state index in [0.717, 1.165) is 32.1 Å². The second-order valence-electron chi connectivity index (χ2n) is 5.69. The Morgan fingerprint density at radius 1 is 1.33 bits per heavy atom. The fourth-order valence-electron chi connectivity index (χ4n) is 3.07. The van der Waals surface area contributed by atoms with Crippen molar-refractivity contribution in [3.05, 3.63) is 35.4 Å². The van der Waals surface area contributed by atoms with Crippen LogP contribution in [0.1, 0.15) is 42.9 Å². The minimum atomic E-state index is -0.313. The van der Waals surface area contributed by atoms with Gasteiger partial charge in [-0.2, -0.15) is 0 Å². The minimum Gasteiger partial charge on any atom is -0.350 e. The molecule has 0 bridgehead atoms. The highest BCUT2D eigenvalue weighted by Gasteiger charge is 2.28. The maximum absolute atomic E-state index is 12.2. The molecule has 1 aliphatic carbocycles. The molecule has 2 aliphatic rings. The van der Waals surface area contributed by atoms with Crippen LogP contribution in [0.4, 0.5) is 4.79 Å². The summed E-state index contributed by atoms with van der Waals surface area (Å²) in [5, 5.41) is 0. The number of hydroxylamine groups is 1. The highest BCUT2D eigenvalue weighted by atomic mass is 16.8. The number of rotatable bonds is 3. The molecule has 1 heterocycles. The van der Waals surface area contributed by atoms with Crippen molar-refractivity contribution in [2.45, 2.75) is 44.4 Å². The lowest BCUT2D eigenvalue weighted by atomic mass is 10.1. The maximum atomic E-state index is 12.2. The lowest BCUT2D eigenvalue weighted by Gasteiger charge is -2.27. The number of amides is 2. The molecule has 1 aromatic rings. The van der Waals surface area contributed by atoms with Crippen LogP contribution in [-0.4, -0.2) is 30.9 Å². The van der Waals surface area contributed by atoms with Crippen LogP contribution in [0.25, 0.3) is 0 Å². The monoisotopic (exact) mass is 290 g/mol. The van der Waals surface area contributed by atoms with Crippen LogP contribution in [0, 0.1) is 0 Å². The molecule has 1 N–H and O–H groups in total. The lowest BCUT2D eigenvalue weighted by molar-refractivity contribution is -0.187. The van der Waals surface area contributed by atoms with Gasteiger partial charge in [-0.3, -0.25) is 0 Å². The van der Waals surface area contributed by atoms with E-state index in [1.165, 1.54) is 11.1 Å². The number of carbonyl (C=O) groups is 1. The molecule has 0 saturated carbocycles. The molecule has 1 saturated heterocycles. The highest BCUT2D eigenvalue weighted by molar-refractivity contribution is 5.73. The fourth-order valence-corrected chi connectivity index (χ4v) is 3.07. The van der Waals surface area contributed by atoms with Gasteiger partial charge in [-0.25, -0.2) is 15.1 Å². The molecule has 3 rings (SSSR count). The Hall–Kier alpha value is -1.59. The van der Waals surface area contributed by atoms with Crippen molar-refractivity contribution in [2.24, 2.45) is 0 Å². The average Bonchev–Trinajstić information content (AvgIpc) is 2.97. The normalized spacial score (nSPS) is 24.4. The summed E-state index contributed by atoms with van der Waals surface area (Å²) in [7, 11) is 1.81. The molecule has 5 nitrogen and oxygen atoms in total. The van der Waals surface area contributed by atoms with Gasteiger partial charge in [0.05, 0.1) is 6.04 Å². The average molecular weight is 290 g/mol. The van der Waals surface area contributed by atoms with E-state index < -0.39 is 0 Å². The van der Waals surface area contributed by atoms with Crippen molar-refractivity contribution in [1.82, 2.24) is 10.4 Å². The van der Waals surface area contributed by atoms with Crippen LogP contribution >= 0.6 is 0 Å². The molecule has 5 heteroatoms. The van der Waals surface area contributed by atoms with E-state index in [1.54, 1.807) is 4.90 Å². The van der Waals surface area contributed by atoms with Crippen molar-refractivity contribution in [1.29, 1.82) is 0 Å². The van der Waals surface area contributed by atoms with Crippen molar-refractivity contribution >= 4 is 6.03 Å². The number of nitrogens with zero attached hydrogens (tertiary/aromatic N) is 1. The zero-order valence-corrected chi connectivity index (χ0v) is 12.4. The number of carbonyl (C=O) groups excluding carboxylic acids is 1. The molecule has 1 aromatic carbocycles. The first kappa shape index (κ1) is 14.4. The van der Waals surface area contributed by atoms with Crippen molar-refractivity contribution in [2.75, 3.05) is 13.7 Å². The number of hydrogen-bond acceptors (Lipinski definition) is 3. The largest absolute Gasteiger partial charge is 0.350 e. The first-order chi connectivity index (χ1) is 10.3. The molecule has 1 fully saturated rings. The molecule has 0 aromatic heterocycles. The predicted octanol–water partition coefficient (Wildman–Crippen LogP) is 2.77. The van der Waals surface area contributed by atoms with Gasteiger partial charge in [-0.1, -0.05) is 24.3 Å². The van der Waals surface area contributed by atoms with Crippen molar-refractivity contribution in [3.63, 3.8) is 0 Å². The Labute approximate surface area is 125 Å². The Morgan fingerprint density at radius 3 is 3.00 bits per heavy atom. The van der Waals surface area contributed by atoms with Gasteiger partial charge in [0, 0.05) is 20.1 Å². The smallest absolute Gasteiger partial charge is 0.341 e. The number of fused-ring (bicyclic) bond motifs is 1. The topological polar surface area (TPSA) is 50.8 Å². The van der Waals surface area contributed by atoms with Gasteiger partial charge in [0.1, 0.15) is 0 Å². The lowest BCUT2D eigenvalue weighted by Crippen LogP contribution is -2.41. The van der Waals surface area contributed by atoms with Crippen LogP contribution in [0.5, 0.6) is 0 Å². The molecule has 0 spiro atoms. The van der Waals surface area contributed by atoms with E-state index in [2.05, 4.69) is 17.6 Å². The van der Waals surface area contributed by atoms with E-state index in [9.17, 15) is 4.79 Å². The molecule has 2 amide bonds. The molecule has 114 valence electrons. The predicted molar refractivity (Wildman–Crippen MR) is 78.5 cm³/mol. The van der Waals surface area contributed by atoms with E-state index in [-0.39, 0.29) is 18.4 Å².